The van der Waals surface area contributed by atoms with Crippen LogP contribution in [0.25, 0.3) is 0 Å². The normalized spacial score (nSPS) is 14.9. The third kappa shape index (κ3) is 6.15. The molecule has 0 bridgehead atoms. The lowest BCUT2D eigenvalue weighted by molar-refractivity contribution is 0.183. The van der Waals surface area contributed by atoms with Crippen LogP contribution in [0.2, 0.25) is 5.02 Å². The number of nitrogens with one attached hydrogen (secondary N) is 2. The summed E-state index contributed by atoms with van der Waals surface area (Å²) < 4.78 is 45.2. The Labute approximate surface area is 227 Å². The molecule has 3 aromatic carbocycles. The second-order valence-corrected chi connectivity index (χ2v) is 10.8. The summed E-state index contributed by atoms with van der Waals surface area (Å²) in [6.45, 7) is 2.76. The molecule has 1 unspecified atom stereocenters. The number of ether oxygens (including phenoxy) is 3. The van der Waals surface area contributed by atoms with Gasteiger partial charge in [-0.25, -0.2) is 17.9 Å². The minimum atomic E-state index is -3.86. The first kappa shape index (κ1) is 27.6. The zero-order valence-electron chi connectivity index (χ0n) is 21.4. The summed E-state index contributed by atoms with van der Waals surface area (Å²) in [5.41, 5.74) is 2.31. The summed E-state index contributed by atoms with van der Waals surface area (Å²) >= 11 is 5.92. The van der Waals surface area contributed by atoms with Crippen molar-refractivity contribution in [1.82, 2.24) is 9.62 Å². The maximum atomic E-state index is 13.4. The van der Waals surface area contributed by atoms with Crippen molar-refractivity contribution in [3.63, 3.8) is 0 Å². The van der Waals surface area contributed by atoms with E-state index in [1.807, 2.05) is 13.0 Å². The number of halogens is 1. The van der Waals surface area contributed by atoms with Crippen LogP contribution in [0.4, 0.5) is 10.5 Å². The van der Waals surface area contributed by atoms with Crippen molar-refractivity contribution in [2.24, 2.45) is 0 Å². The first-order valence-corrected chi connectivity index (χ1v) is 13.9. The minimum absolute atomic E-state index is 0.0514. The summed E-state index contributed by atoms with van der Waals surface area (Å²) in [7, 11) is -0.776. The van der Waals surface area contributed by atoms with Gasteiger partial charge >= 0.3 is 6.03 Å². The lowest BCUT2D eigenvalue weighted by atomic mass is 9.92. The van der Waals surface area contributed by atoms with E-state index in [0.29, 0.717) is 47.5 Å². The van der Waals surface area contributed by atoms with Gasteiger partial charge in [0.15, 0.2) is 11.5 Å². The molecular weight excluding hydrogens is 530 g/mol. The van der Waals surface area contributed by atoms with E-state index in [0.717, 1.165) is 11.1 Å². The smallest absolute Gasteiger partial charge is 0.322 e. The van der Waals surface area contributed by atoms with Gasteiger partial charge in [-0.1, -0.05) is 11.6 Å². The highest BCUT2D eigenvalue weighted by molar-refractivity contribution is 7.89. The highest BCUT2D eigenvalue weighted by atomic mass is 35.5. The Morgan fingerprint density at radius 1 is 1.03 bits per heavy atom. The van der Waals surface area contributed by atoms with Gasteiger partial charge in [-0.3, -0.25) is 0 Å². The van der Waals surface area contributed by atoms with E-state index in [1.165, 1.54) is 31.4 Å². The van der Waals surface area contributed by atoms with Gasteiger partial charge in [0, 0.05) is 23.8 Å². The highest BCUT2D eigenvalue weighted by Crippen LogP contribution is 2.38. The zero-order chi connectivity index (χ0) is 27.3. The molecule has 3 aromatic rings. The number of fused-ring (bicyclic) bond motifs is 1. The molecule has 0 saturated heterocycles. The number of carbonyl (C=O) groups excluding carboxylic acids is 1. The van der Waals surface area contributed by atoms with E-state index < -0.39 is 16.1 Å². The molecule has 38 heavy (non-hydrogen) atoms. The highest BCUT2D eigenvalue weighted by Gasteiger charge is 2.33. The van der Waals surface area contributed by atoms with Crippen LogP contribution in [0.1, 0.15) is 24.1 Å². The molecule has 2 amide bonds. The van der Waals surface area contributed by atoms with Crippen molar-refractivity contribution >= 4 is 33.3 Å². The summed E-state index contributed by atoms with van der Waals surface area (Å²) in [5.74, 6) is 1.76. The van der Waals surface area contributed by atoms with Crippen LogP contribution in [0.5, 0.6) is 17.2 Å². The van der Waals surface area contributed by atoms with Crippen molar-refractivity contribution in [1.29, 1.82) is 0 Å². The Morgan fingerprint density at radius 2 is 1.68 bits per heavy atom. The Hall–Kier alpha value is -3.47. The Kier molecular flexibility index (Phi) is 8.65. The van der Waals surface area contributed by atoms with Gasteiger partial charge in [0.05, 0.1) is 31.8 Å². The van der Waals surface area contributed by atoms with Crippen LogP contribution in [-0.2, 0) is 16.4 Å². The molecule has 0 spiro atoms. The Balaban J connectivity index is 1.63. The molecule has 0 fully saturated rings. The van der Waals surface area contributed by atoms with Gasteiger partial charge in [0.25, 0.3) is 0 Å². The van der Waals surface area contributed by atoms with E-state index in [9.17, 15) is 13.2 Å². The zero-order valence-corrected chi connectivity index (χ0v) is 22.9. The fourth-order valence-corrected chi connectivity index (χ4v) is 5.54. The summed E-state index contributed by atoms with van der Waals surface area (Å²) in [6, 6.07) is 15.7. The lowest BCUT2D eigenvalue weighted by Gasteiger charge is -2.37. The van der Waals surface area contributed by atoms with Gasteiger partial charge in [0.2, 0.25) is 10.0 Å². The standard InChI is InChI=1S/C27H30ClN3O6S/c1-4-37-21-9-7-20(8-10-21)30-27(32)31-14-13-18-15-25(35-2)26(36-3)16-23(18)24(31)17-29-38(33,34)22-11-5-19(28)6-12-22/h5-12,15-16,24,29H,4,13-14,17H2,1-3H3,(H,30,32). The lowest BCUT2D eigenvalue weighted by Crippen LogP contribution is -2.46. The molecule has 0 aliphatic carbocycles. The third-order valence-electron chi connectivity index (χ3n) is 6.27. The molecule has 1 aliphatic rings. The predicted octanol–water partition coefficient (Wildman–Crippen LogP) is 4.87. The number of nitrogens with zero attached hydrogens (tertiary/aromatic N) is 1. The van der Waals surface area contributed by atoms with Crippen LogP contribution in [-0.4, -0.2) is 53.3 Å². The molecule has 1 aliphatic heterocycles. The van der Waals surface area contributed by atoms with E-state index >= 15 is 0 Å². The molecule has 1 heterocycles. The third-order valence-corrected chi connectivity index (χ3v) is 7.96. The molecule has 0 saturated carbocycles. The van der Waals surface area contributed by atoms with E-state index in [4.69, 9.17) is 25.8 Å². The summed E-state index contributed by atoms with van der Waals surface area (Å²) in [6.07, 6.45) is 0.562. The van der Waals surface area contributed by atoms with Crippen LogP contribution in [0.15, 0.2) is 65.6 Å². The molecule has 0 aromatic heterocycles. The Morgan fingerprint density at radius 3 is 2.32 bits per heavy atom. The number of amides is 2. The van der Waals surface area contributed by atoms with Gasteiger partial charge in [-0.2, -0.15) is 0 Å². The summed E-state index contributed by atoms with van der Waals surface area (Å²) in [4.78, 5) is 15.1. The fraction of sp³-hybridized carbons (Fsp3) is 0.296. The average molecular weight is 560 g/mol. The first-order chi connectivity index (χ1) is 18.2. The van der Waals surface area contributed by atoms with Gasteiger partial charge in [0.1, 0.15) is 5.75 Å². The monoisotopic (exact) mass is 559 g/mol. The van der Waals surface area contributed by atoms with Crippen molar-refractivity contribution in [2.75, 3.05) is 39.2 Å². The molecule has 9 nitrogen and oxygen atoms in total. The van der Waals surface area contributed by atoms with E-state index in [-0.39, 0.29) is 17.5 Å². The van der Waals surface area contributed by atoms with Crippen LogP contribution in [0, 0.1) is 0 Å². The second-order valence-electron chi connectivity index (χ2n) is 8.56. The molecular formula is C27H30ClN3O6S. The van der Waals surface area contributed by atoms with Crippen molar-refractivity contribution in [3.05, 3.63) is 76.8 Å². The number of benzene rings is 3. The van der Waals surface area contributed by atoms with Crippen LogP contribution >= 0.6 is 11.6 Å². The fourth-order valence-electron chi connectivity index (χ4n) is 4.37. The number of hydrogen-bond donors (Lipinski definition) is 2. The largest absolute Gasteiger partial charge is 0.494 e. The van der Waals surface area contributed by atoms with Gasteiger partial charge < -0.3 is 24.4 Å². The number of hydrogen-bond acceptors (Lipinski definition) is 6. The maximum absolute atomic E-state index is 13.4. The average Bonchev–Trinajstić information content (AvgIpc) is 2.92. The molecule has 4 rings (SSSR count). The van der Waals surface area contributed by atoms with Crippen LogP contribution in [0.3, 0.4) is 0 Å². The molecule has 11 heteroatoms. The topological polar surface area (TPSA) is 106 Å². The quantitative estimate of drug-likeness (QED) is 0.387. The minimum Gasteiger partial charge on any atom is -0.494 e. The van der Waals surface area contributed by atoms with Crippen molar-refractivity contribution in [3.8, 4) is 17.2 Å². The first-order valence-electron chi connectivity index (χ1n) is 12.1. The number of sulfonamides is 1. The molecule has 2 N–H and O–H groups in total. The van der Waals surface area contributed by atoms with Gasteiger partial charge in [-0.05, 0) is 85.1 Å². The predicted molar refractivity (Wildman–Crippen MR) is 146 cm³/mol. The van der Waals surface area contributed by atoms with Crippen molar-refractivity contribution in [2.45, 2.75) is 24.3 Å². The van der Waals surface area contributed by atoms with E-state index in [1.54, 1.807) is 42.3 Å². The number of carbonyl (C=O) groups is 1. The summed E-state index contributed by atoms with van der Waals surface area (Å²) in [5, 5.41) is 3.35. The number of methoxy groups -OCH3 is 2. The second kappa shape index (κ2) is 11.9. The molecule has 1 atom stereocenters. The molecule has 202 valence electrons. The van der Waals surface area contributed by atoms with Crippen LogP contribution < -0.4 is 24.2 Å². The number of anilines is 1. The number of rotatable bonds is 9. The van der Waals surface area contributed by atoms with E-state index in [2.05, 4.69) is 10.0 Å². The number of urea groups is 1. The maximum Gasteiger partial charge on any atom is 0.322 e. The SMILES string of the molecule is CCOc1ccc(NC(=O)N2CCc3cc(OC)c(OC)cc3C2CNS(=O)(=O)c2ccc(Cl)cc2)cc1. The Bertz CT molecular complexity index is 1380. The van der Waals surface area contributed by atoms with Gasteiger partial charge in [-0.15, -0.1) is 0 Å². The van der Waals surface area contributed by atoms with Crippen molar-refractivity contribution < 1.29 is 27.4 Å². The molecule has 0 radical (unpaired) electrons.